The van der Waals surface area contributed by atoms with Gasteiger partial charge < -0.3 is 10.1 Å². The zero-order chi connectivity index (χ0) is 14.5. The largest absolute Gasteiger partial charge is 0.366 e. The molecule has 5 heteroatoms. The second kappa shape index (κ2) is 7.17. The normalized spacial score (nSPS) is 13.8. The highest BCUT2D eigenvalue weighted by Gasteiger charge is 2.18. The zero-order valence-electron chi connectivity index (χ0n) is 11.4. The maximum absolute atomic E-state index is 12.3. The van der Waals surface area contributed by atoms with E-state index in [1.807, 2.05) is 20.8 Å². The van der Waals surface area contributed by atoms with Crippen molar-refractivity contribution in [1.82, 2.24) is 5.32 Å². The van der Waals surface area contributed by atoms with Gasteiger partial charge in [-0.05, 0) is 38.5 Å². The van der Waals surface area contributed by atoms with Crippen LogP contribution in [0.2, 0.25) is 5.02 Å². The Morgan fingerprint density at radius 3 is 2.26 bits per heavy atom. The molecule has 0 heterocycles. The third kappa shape index (κ3) is 6.85. The molecule has 0 aliphatic carbocycles. The molecular formula is C14H20ClF2NO. The highest BCUT2D eigenvalue weighted by atomic mass is 35.5. The lowest BCUT2D eigenvalue weighted by atomic mass is 10.1. The third-order valence-corrected chi connectivity index (χ3v) is 2.73. The maximum atomic E-state index is 12.3. The van der Waals surface area contributed by atoms with Crippen molar-refractivity contribution >= 4 is 11.6 Å². The zero-order valence-corrected chi connectivity index (χ0v) is 12.2. The Hall–Kier alpha value is -0.710. The SMILES string of the molecule is CC(C)(C)NCC(OCC(F)F)c1ccc(Cl)cc1. The molecular weight excluding hydrogens is 272 g/mol. The molecule has 1 N–H and O–H groups in total. The molecule has 0 aliphatic rings. The number of nitrogens with one attached hydrogen (secondary N) is 1. The number of benzene rings is 1. The van der Waals surface area contributed by atoms with Crippen LogP contribution in [-0.4, -0.2) is 25.1 Å². The van der Waals surface area contributed by atoms with Crippen molar-refractivity contribution < 1.29 is 13.5 Å². The fourth-order valence-electron chi connectivity index (χ4n) is 1.54. The molecule has 0 aromatic heterocycles. The van der Waals surface area contributed by atoms with Crippen LogP contribution in [0.4, 0.5) is 8.78 Å². The Balaban J connectivity index is 2.70. The molecule has 0 bridgehead atoms. The predicted octanol–water partition coefficient (Wildman–Crippen LogP) is 4.05. The lowest BCUT2D eigenvalue weighted by molar-refractivity contribution is -0.0263. The quantitative estimate of drug-likeness (QED) is 0.854. The third-order valence-electron chi connectivity index (χ3n) is 2.48. The molecule has 108 valence electrons. The minimum absolute atomic E-state index is 0.0983. The fourth-order valence-corrected chi connectivity index (χ4v) is 1.66. The van der Waals surface area contributed by atoms with E-state index in [-0.39, 0.29) is 5.54 Å². The van der Waals surface area contributed by atoms with Crippen LogP contribution in [0.15, 0.2) is 24.3 Å². The van der Waals surface area contributed by atoms with E-state index in [4.69, 9.17) is 16.3 Å². The first-order valence-corrected chi connectivity index (χ1v) is 6.56. The van der Waals surface area contributed by atoms with E-state index in [1.165, 1.54) is 0 Å². The Morgan fingerprint density at radius 2 is 1.79 bits per heavy atom. The molecule has 1 aromatic rings. The summed E-state index contributed by atoms with van der Waals surface area (Å²) in [6.07, 6.45) is -2.88. The first-order valence-electron chi connectivity index (χ1n) is 6.18. The molecule has 19 heavy (non-hydrogen) atoms. The summed E-state index contributed by atoms with van der Waals surface area (Å²) in [5, 5.41) is 3.87. The van der Waals surface area contributed by atoms with Gasteiger partial charge in [-0.1, -0.05) is 23.7 Å². The van der Waals surface area contributed by atoms with E-state index >= 15 is 0 Å². The molecule has 1 atom stereocenters. The summed E-state index contributed by atoms with van der Waals surface area (Å²) >= 11 is 5.82. The van der Waals surface area contributed by atoms with Gasteiger partial charge in [-0.3, -0.25) is 0 Å². The second-order valence-corrected chi connectivity index (χ2v) is 5.83. The molecule has 0 saturated carbocycles. The van der Waals surface area contributed by atoms with Crippen LogP contribution in [0.25, 0.3) is 0 Å². The molecule has 1 aromatic carbocycles. The van der Waals surface area contributed by atoms with E-state index in [0.717, 1.165) is 5.56 Å². The van der Waals surface area contributed by atoms with Crippen molar-refractivity contribution in [3.8, 4) is 0 Å². The fraction of sp³-hybridized carbons (Fsp3) is 0.571. The van der Waals surface area contributed by atoms with Crippen molar-refractivity contribution in [2.45, 2.75) is 38.8 Å². The van der Waals surface area contributed by atoms with Gasteiger partial charge in [0.15, 0.2) is 0 Å². The summed E-state index contributed by atoms with van der Waals surface area (Å²) in [5.41, 5.74) is 0.737. The second-order valence-electron chi connectivity index (χ2n) is 5.40. The lowest BCUT2D eigenvalue weighted by Gasteiger charge is -2.25. The highest BCUT2D eigenvalue weighted by molar-refractivity contribution is 6.30. The molecule has 2 nitrogen and oxygen atoms in total. The topological polar surface area (TPSA) is 21.3 Å². The molecule has 0 radical (unpaired) electrons. The van der Waals surface area contributed by atoms with Gasteiger partial charge in [-0.25, -0.2) is 8.78 Å². The Morgan fingerprint density at radius 1 is 1.21 bits per heavy atom. The molecule has 0 fully saturated rings. The molecule has 0 amide bonds. The molecule has 1 unspecified atom stereocenters. The highest BCUT2D eigenvalue weighted by Crippen LogP contribution is 2.20. The Labute approximate surface area is 118 Å². The standard InChI is InChI=1S/C14H20ClF2NO/c1-14(2,3)18-8-12(19-9-13(16)17)10-4-6-11(15)7-5-10/h4-7,12-13,18H,8-9H2,1-3H3. The number of hydrogen-bond donors (Lipinski definition) is 1. The van der Waals surface area contributed by atoms with E-state index in [0.29, 0.717) is 11.6 Å². The first kappa shape index (κ1) is 16.3. The minimum atomic E-state index is -2.47. The number of alkyl halides is 2. The van der Waals surface area contributed by atoms with Gasteiger partial charge in [0.05, 0.1) is 6.10 Å². The monoisotopic (exact) mass is 291 g/mol. The number of ether oxygens (including phenoxy) is 1. The number of hydrogen-bond acceptors (Lipinski definition) is 2. The van der Waals surface area contributed by atoms with Gasteiger partial charge in [0.1, 0.15) is 6.61 Å². The molecule has 0 saturated heterocycles. The van der Waals surface area contributed by atoms with Gasteiger partial charge in [-0.15, -0.1) is 0 Å². The molecule has 0 aliphatic heterocycles. The minimum Gasteiger partial charge on any atom is -0.366 e. The van der Waals surface area contributed by atoms with Crippen LogP contribution < -0.4 is 5.32 Å². The summed E-state index contributed by atoms with van der Waals surface area (Å²) in [4.78, 5) is 0. The average Bonchev–Trinajstić information content (AvgIpc) is 2.29. The Bertz CT molecular complexity index is 376. The van der Waals surface area contributed by atoms with E-state index in [1.54, 1.807) is 24.3 Å². The van der Waals surface area contributed by atoms with Gasteiger partial charge in [-0.2, -0.15) is 0 Å². The van der Waals surface area contributed by atoms with Crippen LogP contribution in [0.1, 0.15) is 32.4 Å². The van der Waals surface area contributed by atoms with E-state index in [9.17, 15) is 8.78 Å². The van der Waals surface area contributed by atoms with Crippen LogP contribution in [0, 0.1) is 0 Å². The Kier molecular flexibility index (Phi) is 6.17. The maximum Gasteiger partial charge on any atom is 0.261 e. The summed E-state index contributed by atoms with van der Waals surface area (Å²) < 4.78 is 29.8. The van der Waals surface area contributed by atoms with Crippen molar-refractivity contribution in [1.29, 1.82) is 0 Å². The van der Waals surface area contributed by atoms with E-state index < -0.39 is 19.1 Å². The van der Waals surface area contributed by atoms with Crippen molar-refractivity contribution in [3.05, 3.63) is 34.9 Å². The van der Waals surface area contributed by atoms with Gasteiger partial charge >= 0.3 is 0 Å². The summed E-state index contributed by atoms with van der Waals surface area (Å²) in [7, 11) is 0. The smallest absolute Gasteiger partial charge is 0.261 e. The summed E-state index contributed by atoms with van der Waals surface area (Å²) in [6, 6.07) is 7.05. The van der Waals surface area contributed by atoms with Crippen LogP contribution in [0.5, 0.6) is 0 Å². The first-order chi connectivity index (χ1) is 8.78. The van der Waals surface area contributed by atoms with Crippen LogP contribution >= 0.6 is 11.6 Å². The number of rotatable bonds is 6. The molecule has 0 spiro atoms. The summed E-state index contributed by atoms with van der Waals surface area (Å²) in [6.45, 7) is 5.94. The lowest BCUT2D eigenvalue weighted by Crippen LogP contribution is -2.39. The van der Waals surface area contributed by atoms with Gasteiger partial charge in [0, 0.05) is 17.1 Å². The van der Waals surface area contributed by atoms with Gasteiger partial charge in [0.25, 0.3) is 6.43 Å². The van der Waals surface area contributed by atoms with Crippen molar-refractivity contribution in [2.75, 3.05) is 13.2 Å². The number of halogens is 3. The predicted molar refractivity (Wildman–Crippen MR) is 73.9 cm³/mol. The van der Waals surface area contributed by atoms with E-state index in [2.05, 4.69) is 5.32 Å². The summed E-state index contributed by atoms with van der Waals surface area (Å²) in [5.74, 6) is 0. The average molecular weight is 292 g/mol. The van der Waals surface area contributed by atoms with Crippen molar-refractivity contribution in [3.63, 3.8) is 0 Å². The van der Waals surface area contributed by atoms with Crippen LogP contribution in [-0.2, 0) is 4.74 Å². The molecule has 1 rings (SSSR count). The van der Waals surface area contributed by atoms with Crippen molar-refractivity contribution in [2.24, 2.45) is 0 Å². The van der Waals surface area contributed by atoms with Gasteiger partial charge in [0.2, 0.25) is 0 Å². The van der Waals surface area contributed by atoms with Crippen LogP contribution in [0.3, 0.4) is 0 Å².